The van der Waals surface area contributed by atoms with Crippen LogP contribution in [-0.2, 0) is 13.2 Å². The van der Waals surface area contributed by atoms with Gasteiger partial charge in [0.1, 0.15) is 6.54 Å². The van der Waals surface area contributed by atoms with E-state index < -0.39 is 0 Å². The first-order valence-corrected chi connectivity index (χ1v) is 8.94. The first-order valence-electron chi connectivity index (χ1n) is 7.33. The lowest BCUT2D eigenvalue weighted by atomic mass is 10.2. The Morgan fingerprint density at radius 2 is 1.95 bits per heavy atom. The number of benzene rings is 2. The van der Waals surface area contributed by atoms with Crippen molar-refractivity contribution in [1.82, 2.24) is 4.57 Å². The van der Waals surface area contributed by atoms with E-state index >= 15 is 0 Å². The average molecular weight is 350 g/mol. The van der Waals surface area contributed by atoms with Crippen LogP contribution in [0.4, 0.5) is 0 Å². The van der Waals surface area contributed by atoms with E-state index in [1.165, 1.54) is 15.2 Å². The summed E-state index contributed by atoms with van der Waals surface area (Å²) in [5, 5.41) is 0.759. The fourth-order valence-electron chi connectivity index (χ4n) is 2.59. The Labute approximate surface area is 144 Å². The van der Waals surface area contributed by atoms with Crippen molar-refractivity contribution in [3.8, 4) is 0 Å². The zero-order valence-electron chi connectivity index (χ0n) is 12.4. The fourth-order valence-corrected chi connectivity index (χ4v) is 4.06. The van der Waals surface area contributed by atoms with Crippen LogP contribution in [0.15, 0.2) is 48.5 Å². The molecular formula is C17H18ClN2S2+. The predicted molar refractivity (Wildman–Crippen MR) is 97.3 cm³/mol. The second kappa shape index (κ2) is 6.92. The lowest BCUT2D eigenvalue weighted by molar-refractivity contribution is -0.934. The van der Waals surface area contributed by atoms with Gasteiger partial charge in [-0.2, -0.15) is 0 Å². The van der Waals surface area contributed by atoms with Crippen molar-refractivity contribution in [3.05, 3.63) is 63.1 Å². The van der Waals surface area contributed by atoms with E-state index in [2.05, 4.69) is 47.9 Å². The Bertz CT molecular complexity index is 824. The molecule has 1 N–H and O–H groups in total. The van der Waals surface area contributed by atoms with Gasteiger partial charge < -0.3 is 4.90 Å². The van der Waals surface area contributed by atoms with Gasteiger partial charge in [0.15, 0.2) is 10.6 Å². The van der Waals surface area contributed by atoms with Crippen molar-refractivity contribution < 1.29 is 4.90 Å². The molecule has 0 saturated carbocycles. The Morgan fingerprint density at radius 1 is 1.18 bits per heavy atom. The summed E-state index contributed by atoms with van der Waals surface area (Å²) in [4.78, 5) is 1.47. The van der Waals surface area contributed by atoms with E-state index in [0.29, 0.717) is 0 Å². The van der Waals surface area contributed by atoms with Crippen LogP contribution in [0, 0.1) is 3.95 Å². The number of halogens is 1. The molecule has 5 heteroatoms. The maximum absolute atomic E-state index is 6.15. The van der Waals surface area contributed by atoms with Crippen LogP contribution in [0.3, 0.4) is 0 Å². The summed E-state index contributed by atoms with van der Waals surface area (Å²) >= 11 is 13.4. The monoisotopic (exact) mass is 349 g/mol. The highest BCUT2D eigenvalue weighted by atomic mass is 35.5. The molecular weight excluding hydrogens is 332 g/mol. The van der Waals surface area contributed by atoms with Crippen LogP contribution in [0.5, 0.6) is 0 Å². The second-order valence-corrected chi connectivity index (χ2v) is 7.44. The normalized spacial score (nSPS) is 12.6. The van der Waals surface area contributed by atoms with E-state index in [-0.39, 0.29) is 0 Å². The highest BCUT2D eigenvalue weighted by molar-refractivity contribution is 7.73. The van der Waals surface area contributed by atoms with Crippen LogP contribution >= 0.6 is 35.2 Å². The summed E-state index contributed by atoms with van der Waals surface area (Å²) in [7, 11) is 0. The molecule has 0 bridgehead atoms. The first-order chi connectivity index (χ1) is 10.7. The summed E-state index contributed by atoms with van der Waals surface area (Å²) in [5.74, 6) is 0. The number of quaternary nitrogens is 1. The van der Waals surface area contributed by atoms with Crippen molar-refractivity contribution in [2.24, 2.45) is 0 Å². The van der Waals surface area contributed by atoms with Crippen LogP contribution in [0.25, 0.3) is 10.2 Å². The van der Waals surface area contributed by atoms with E-state index in [1.54, 1.807) is 11.3 Å². The Balaban J connectivity index is 1.89. The molecule has 0 radical (unpaired) electrons. The van der Waals surface area contributed by atoms with Gasteiger partial charge in [-0.3, -0.25) is 4.57 Å². The van der Waals surface area contributed by atoms with Crippen LogP contribution in [0.2, 0.25) is 5.02 Å². The third-order valence-electron chi connectivity index (χ3n) is 3.81. The number of aromatic nitrogens is 1. The van der Waals surface area contributed by atoms with E-state index in [9.17, 15) is 0 Å². The third kappa shape index (κ3) is 3.41. The van der Waals surface area contributed by atoms with Crippen molar-refractivity contribution in [3.63, 3.8) is 0 Å². The van der Waals surface area contributed by atoms with Gasteiger partial charge in [-0.15, -0.1) is 11.3 Å². The molecule has 22 heavy (non-hydrogen) atoms. The first kappa shape index (κ1) is 15.7. The number of fused-ring (bicyclic) bond motifs is 1. The SMILES string of the molecule is CC[NH+](Cc1ccccc1)Cn1c(=S)sc2ccc(Cl)cc21. The number of rotatable bonds is 5. The molecule has 1 heterocycles. The number of hydrogen-bond donors (Lipinski definition) is 1. The summed E-state index contributed by atoms with van der Waals surface area (Å²) in [6.07, 6.45) is 0. The lowest BCUT2D eigenvalue weighted by Gasteiger charge is -2.19. The van der Waals surface area contributed by atoms with Gasteiger partial charge in [0.25, 0.3) is 0 Å². The Kier molecular flexibility index (Phi) is 4.93. The molecule has 2 aromatic carbocycles. The molecule has 3 aromatic rings. The standard InChI is InChI=1S/C17H17ClN2S2/c1-2-19(11-13-6-4-3-5-7-13)12-20-15-10-14(18)8-9-16(15)22-17(20)21/h3-10H,2,11-12H2,1H3/p+1. The molecule has 1 atom stereocenters. The van der Waals surface area contributed by atoms with Gasteiger partial charge in [-0.25, -0.2) is 0 Å². The number of nitrogens with one attached hydrogen (secondary N) is 1. The number of nitrogens with zero attached hydrogens (tertiary/aromatic N) is 1. The van der Waals surface area contributed by atoms with Gasteiger partial charge in [-0.1, -0.05) is 41.9 Å². The largest absolute Gasteiger partial charge is 0.314 e. The van der Waals surface area contributed by atoms with Crippen molar-refractivity contribution in [1.29, 1.82) is 0 Å². The molecule has 0 fully saturated rings. The number of hydrogen-bond acceptors (Lipinski definition) is 2. The molecule has 0 aliphatic rings. The van der Waals surface area contributed by atoms with Gasteiger partial charge in [-0.05, 0) is 37.3 Å². The van der Waals surface area contributed by atoms with E-state index in [0.717, 1.165) is 34.3 Å². The molecule has 1 unspecified atom stereocenters. The molecule has 0 spiro atoms. The molecule has 0 saturated heterocycles. The smallest absolute Gasteiger partial charge is 0.166 e. The molecule has 1 aromatic heterocycles. The Morgan fingerprint density at radius 3 is 2.68 bits per heavy atom. The van der Waals surface area contributed by atoms with Gasteiger partial charge in [0.2, 0.25) is 0 Å². The fraction of sp³-hybridized carbons (Fsp3) is 0.235. The zero-order valence-corrected chi connectivity index (χ0v) is 14.8. The minimum atomic E-state index is 0.759. The molecule has 2 nitrogen and oxygen atoms in total. The zero-order chi connectivity index (χ0) is 15.5. The molecule has 3 rings (SSSR count). The number of thiazole rings is 1. The van der Waals surface area contributed by atoms with Crippen LogP contribution < -0.4 is 4.90 Å². The Hall–Kier alpha value is -1.20. The minimum Gasteiger partial charge on any atom is -0.314 e. The van der Waals surface area contributed by atoms with E-state index in [4.69, 9.17) is 23.8 Å². The summed E-state index contributed by atoms with van der Waals surface area (Å²) in [6.45, 7) is 5.12. The third-order valence-corrected chi connectivity index (χ3v) is 5.47. The molecule has 0 aliphatic heterocycles. The van der Waals surface area contributed by atoms with Gasteiger partial charge in [0, 0.05) is 10.6 Å². The van der Waals surface area contributed by atoms with Crippen molar-refractivity contribution >= 4 is 45.4 Å². The van der Waals surface area contributed by atoms with Gasteiger partial charge in [0.05, 0.1) is 16.8 Å². The predicted octanol–water partition coefficient (Wildman–Crippen LogP) is 4.15. The second-order valence-electron chi connectivity index (χ2n) is 5.33. The van der Waals surface area contributed by atoms with Crippen molar-refractivity contribution in [2.45, 2.75) is 20.1 Å². The average Bonchev–Trinajstić information content (AvgIpc) is 2.83. The maximum atomic E-state index is 6.15. The molecule has 0 amide bonds. The minimum absolute atomic E-state index is 0.759. The molecule has 114 valence electrons. The van der Waals surface area contributed by atoms with Crippen molar-refractivity contribution in [2.75, 3.05) is 6.54 Å². The maximum Gasteiger partial charge on any atom is 0.166 e. The summed E-state index contributed by atoms with van der Waals surface area (Å²) in [5.41, 5.74) is 2.49. The lowest BCUT2D eigenvalue weighted by Crippen LogP contribution is -3.09. The molecule has 0 aliphatic carbocycles. The van der Waals surface area contributed by atoms with E-state index in [1.807, 2.05) is 12.1 Å². The summed E-state index contributed by atoms with van der Waals surface area (Å²) in [6, 6.07) is 16.6. The van der Waals surface area contributed by atoms with Crippen LogP contribution in [-0.4, -0.2) is 11.1 Å². The quantitative estimate of drug-likeness (QED) is 0.681. The van der Waals surface area contributed by atoms with Gasteiger partial charge >= 0.3 is 0 Å². The highest BCUT2D eigenvalue weighted by Crippen LogP contribution is 2.25. The topological polar surface area (TPSA) is 9.37 Å². The summed E-state index contributed by atoms with van der Waals surface area (Å²) < 4.78 is 4.32. The van der Waals surface area contributed by atoms with Crippen LogP contribution in [0.1, 0.15) is 12.5 Å². The highest BCUT2D eigenvalue weighted by Gasteiger charge is 2.12.